The van der Waals surface area contributed by atoms with Crippen LogP contribution in [0.4, 0.5) is 0 Å². The van der Waals surface area contributed by atoms with Gasteiger partial charge in [0.25, 0.3) is 0 Å². The zero-order valence-electron chi connectivity index (χ0n) is 39.7. The number of unbranched alkanes of at least 4 members (excludes halogenated alkanes) is 19. The molecule has 0 aromatic heterocycles. The number of rotatable bonds is 44. The van der Waals surface area contributed by atoms with E-state index in [1.807, 2.05) is 0 Å². The van der Waals surface area contributed by atoms with Gasteiger partial charge < -0.3 is 14.2 Å². The number of hydrogen-bond donors (Lipinski definition) is 0. The van der Waals surface area contributed by atoms with Crippen LogP contribution in [0, 0.1) is 0 Å². The lowest BCUT2D eigenvalue weighted by atomic mass is 10.1. The molecular formula is C55H92O6. The molecular weight excluding hydrogens is 757 g/mol. The molecule has 348 valence electrons. The Morgan fingerprint density at radius 3 is 1.07 bits per heavy atom. The van der Waals surface area contributed by atoms with Crippen LogP contribution in [0.25, 0.3) is 0 Å². The van der Waals surface area contributed by atoms with Gasteiger partial charge in [-0.15, -0.1) is 0 Å². The minimum atomic E-state index is -0.801. The first-order valence-electron chi connectivity index (χ1n) is 25.1. The average Bonchev–Trinajstić information content (AvgIpc) is 3.26. The van der Waals surface area contributed by atoms with Crippen LogP contribution >= 0.6 is 0 Å². The van der Waals surface area contributed by atoms with Crippen LogP contribution in [-0.2, 0) is 28.6 Å². The number of allylic oxidation sites excluding steroid dienone is 14. The second kappa shape index (κ2) is 49.2. The van der Waals surface area contributed by atoms with Crippen molar-refractivity contribution < 1.29 is 28.6 Å². The zero-order valence-corrected chi connectivity index (χ0v) is 39.7. The number of carbonyl (C=O) groups is 3. The highest BCUT2D eigenvalue weighted by molar-refractivity contribution is 5.71. The van der Waals surface area contributed by atoms with Crippen LogP contribution in [0.15, 0.2) is 85.1 Å². The van der Waals surface area contributed by atoms with Crippen LogP contribution < -0.4 is 0 Å². The van der Waals surface area contributed by atoms with E-state index in [9.17, 15) is 14.4 Å². The van der Waals surface area contributed by atoms with Gasteiger partial charge in [0.15, 0.2) is 6.10 Å². The van der Waals surface area contributed by atoms with Gasteiger partial charge in [0.05, 0.1) is 0 Å². The fourth-order valence-corrected chi connectivity index (χ4v) is 6.61. The Balaban J connectivity index is 4.42. The summed E-state index contributed by atoms with van der Waals surface area (Å²) in [6.45, 7) is 6.42. The quantitative estimate of drug-likeness (QED) is 0.0263. The fraction of sp³-hybridized carbons (Fsp3) is 0.691. The summed E-state index contributed by atoms with van der Waals surface area (Å²) in [5, 5.41) is 0. The van der Waals surface area contributed by atoms with E-state index in [0.717, 1.165) is 96.3 Å². The third-order valence-corrected chi connectivity index (χ3v) is 10.4. The SMILES string of the molecule is CC/C=C\C/C=C\C/C=C\C/C=C\CCCCC(=O)OC(COC(=O)CCCCCCCC/C=C\C/C=C\C/C=C\CCCCC)COC(=O)CCCCCCCCCCC. The minimum Gasteiger partial charge on any atom is -0.462 e. The third-order valence-electron chi connectivity index (χ3n) is 10.4. The predicted octanol–water partition coefficient (Wildman–Crippen LogP) is 16.4. The maximum atomic E-state index is 12.7. The maximum absolute atomic E-state index is 12.7. The van der Waals surface area contributed by atoms with Crippen LogP contribution in [0.1, 0.15) is 226 Å². The molecule has 0 heterocycles. The first kappa shape index (κ1) is 57.6. The summed E-state index contributed by atoms with van der Waals surface area (Å²) in [7, 11) is 0. The largest absolute Gasteiger partial charge is 0.462 e. The van der Waals surface area contributed by atoms with E-state index < -0.39 is 6.10 Å². The molecule has 0 saturated carbocycles. The van der Waals surface area contributed by atoms with Gasteiger partial charge in [0.1, 0.15) is 13.2 Å². The summed E-state index contributed by atoms with van der Waals surface area (Å²) in [5.41, 5.74) is 0. The summed E-state index contributed by atoms with van der Waals surface area (Å²) in [5.74, 6) is -0.958. The number of hydrogen-bond acceptors (Lipinski definition) is 6. The highest BCUT2D eigenvalue weighted by Gasteiger charge is 2.19. The van der Waals surface area contributed by atoms with Gasteiger partial charge in [0, 0.05) is 19.3 Å². The third kappa shape index (κ3) is 47.5. The predicted molar refractivity (Wildman–Crippen MR) is 261 cm³/mol. The van der Waals surface area contributed by atoms with Gasteiger partial charge in [0.2, 0.25) is 0 Å². The number of esters is 3. The van der Waals surface area contributed by atoms with Crippen molar-refractivity contribution in [3.8, 4) is 0 Å². The van der Waals surface area contributed by atoms with Crippen molar-refractivity contribution in [3.63, 3.8) is 0 Å². The Morgan fingerprint density at radius 2 is 0.639 bits per heavy atom. The Morgan fingerprint density at radius 1 is 0.344 bits per heavy atom. The van der Waals surface area contributed by atoms with E-state index in [1.54, 1.807) is 0 Å². The Labute approximate surface area is 375 Å². The molecule has 61 heavy (non-hydrogen) atoms. The standard InChI is InChI=1S/C55H92O6/c1-4-7-10-13-16-19-21-23-25-26-27-28-30-31-33-36-39-42-45-48-54(57)60-51-52(50-59-53(56)47-44-41-38-35-18-15-12-9-6-3)61-55(58)49-46-43-40-37-34-32-29-24-22-20-17-14-11-8-5-2/h8,11,16-17,19-20,23-25,27-29,34,37,52H,4-7,9-10,12-15,18,21-22,26,30-33,35-36,38-51H2,1-3H3/b11-8-,19-16-,20-17-,25-23-,28-27-,29-24-,37-34-. The molecule has 0 saturated heterocycles. The van der Waals surface area contributed by atoms with E-state index >= 15 is 0 Å². The van der Waals surface area contributed by atoms with Gasteiger partial charge in [-0.3, -0.25) is 14.4 Å². The molecule has 0 aromatic rings. The van der Waals surface area contributed by atoms with E-state index in [-0.39, 0.29) is 37.5 Å². The lowest BCUT2D eigenvalue weighted by Gasteiger charge is -2.18. The van der Waals surface area contributed by atoms with Gasteiger partial charge in [-0.2, -0.15) is 0 Å². The van der Waals surface area contributed by atoms with Crippen LogP contribution in [0.3, 0.4) is 0 Å². The molecule has 0 aliphatic rings. The summed E-state index contributed by atoms with van der Waals surface area (Å²) in [4.78, 5) is 37.8. The summed E-state index contributed by atoms with van der Waals surface area (Å²) in [6.07, 6.45) is 62.8. The molecule has 0 fully saturated rings. The molecule has 0 amide bonds. The number of carbonyl (C=O) groups excluding carboxylic acids is 3. The molecule has 0 aromatic carbocycles. The molecule has 0 rings (SSSR count). The van der Waals surface area contributed by atoms with Crippen molar-refractivity contribution in [1.29, 1.82) is 0 Å². The van der Waals surface area contributed by atoms with E-state index in [2.05, 4.69) is 106 Å². The second-order valence-corrected chi connectivity index (χ2v) is 16.3. The molecule has 0 N–H and O–H groups in total. The van der Waals surface area contributed by atoms with Crippen LogP contribution in [0.5, 0.6) is 0 Å². The smallest absolute Gasteiger partial charge is 0.306 e. The lowest BCUT2D eigenvalue weighted by Crippen LogP contribution is -2.30. The minimum absolute atomic E-state index is 0.0972. The van der Waals surface area contributed by atoms with Crippen molar-refractivity contribution >= 4 is 17.9 Å². The van der Waals surface area contributed by atoms with Crippen molar-refractivity contribution in [1.82, 2.24) is 0 Å². The molecule has 0 aliphatic heterocycles. The lowest BCUT2D eigenvalue weighted by molar-refractivity contribution is -0.167. The van der Waals surface area contributed by atoms with Crippen molar-refractivity contribution in [2.24, 2.45) is 0 Å². The molecule has 6 nitrogen and oxygen atoms in total. The molecule has 6 heteroatoms. The highest BCUT2D eigenvalue weighted by Crippen LogP contribution is 2.13. The summed E-state index contributed by atoms with van der Waals surface area (Å²) in [6, 6.07) is 0. The Kier molecular flexibility index (Phi) is 46.5. The Bertz CT molecular complexity index is 1200. The normalized spacial score (nSPS) is 12.8. The van der Waals surface area contributed by atoms with Crippen molar-refractivity contribution in [3.05, 3.63) is 85.1 Å². The first-order chi connectivity index (χ1) is 30.0. The highest BCUT2D eigenvalue weighted by atomic mass is 16.6. The topological polar surface area (TPSA) is 78.9 Å². The van der Waals surface area contributed by atoms with Crippen molar-refractivity contribution in [2.45, 2.75) is 232 Å². The summed E-state index contributed by atoms with van der Waals surface area (Å²) < 4.78 is 16.7. The number of ether oxygens (including phenoxy) is 3. The molecule has 0 spiro atoms. The molecule has 1 atom stereocenters. The summed E-state index contributed by atoms with van der Waals surface area (Å²) >= 11 is 0. The van der Waals surface area contributed by atoms with Gasteiger partial charge in [-0.05, 0) is 96.3 Å². The molecule has 0 radical (unpaired) electrons. The fourth-order valence-electron chi connectivity index (χ4n) is 6.61. The van der Waals surface area contributed by atoms with Crippen LogP contribution in [0.2, 0.25) is 0 Å². The van der Waals surface area contributed by atoms with E-state index in [0.29, 0.717) is 19.3 Å². The van der Waals surface area contributed by atoms with Gasteiger partial charge in [-0.25, -0.2) is 0 Å². The van der Waals surface area contributed by atoms with Gasteiger partial charge in [-0.1, -0.05) is 196 Å². The second-order valence-electron chi connectivity index (χ2n) is 16.3. The molecule has 0 aliphatic carbocycles. The zero-order chi connectivity index (χ0) is 44.4. The molecule has 0 bridgehead atoms. The van der Waals surface area contributed by atoms with Crippen LogP contribution in [-0.4, -0.2) is 37.2 Å². The van der Waals surface area contributed by atoms with E-state index in [4.69, 9.17) is 14.2 Å². The monoisotopic (exact) mass is 849 g/mol. The van der Waals surface area contributed by atoms with Crippen molar-refractivity contribution in [2.75, 3.05) is 13.2 Å². The first-order valence-corrected chi connectivity index (χ1v) is 25.1. The maximum Gasteiger partial charge on any atom is 0.306 e. The Hall–Kier alpha value is -3.41. The van der Waals surface area contributed by atoms with E-state index in [1.165, 1.54) is 83.5 Å². The molecule has 1 unspecified atom stereocenters. The van der Waals surface area contributed by atoms with Gasteiger partial charge >= 0.3 is 17.9 Å². The average molecular weight is 849 g/mol.